The molecule has 1 aliphatic heterocycles. The zero-order valence-electron chi connectivity index (χ0n) is 17.9. The monoisotopic (exact) mass is 659 g/mol. The Bertz CT molecular complexity index is 1130. The third-order valence-electron chi connectivity index (χ3n) is 5.82. The summed E-state index contributed by atoms with van der Waals surface area (Å²) in [5.74, 6) is 0.408. The van der Waals surface area contributed by atoms with E-state index >= 15 is 0 Å². The van der Waals surface area contributed by atoms with Gasteiger partial charge in [-0.1, -0.05) is 18.2 Å². The second kappa shape index (κ2) is 10.2. The first-order chi connectivity index (χ1) is 15.3. The van der Waals surface area contributed by atoms with Gasteiger partial charge in [0.2, 0.25) is 0 Å². The van der Waals surface area contributed by atoms with Gasteiger partial charge in [-0.25, -0.2) is 4.39 Å². The summed E-state index contributed by atoms with van der Waals surface area (Å²) >= 11 is 4.53. The molecule has 1 saturated heterocycles. The molecule has 168 valence electrons. The van der Waals surface area contributed by atoms with E-state index in [2.05, 4.69) is 68.9 Å². The maximum Gasteiger partial charge on any atom is 0.260 e. The SMILES string of the molecule is CC1CN(C(=O)COc2c(I)cc(I)c3cccnc23)C(C)CN1Cc1ccc(F)cc1. The predicted molar refractivity (Wildman–Crippen MR) is 140 cm³/mol. The highest BCUT2D eigenvalue weighted by molar-refractivity contribution is 14.1. The number of halogens is 3. The van der Waals surface area contributed by atoms with Crippen molar-refractivity contribution < 1.29 is 13.9 Å². The van der Waals surface area contributed by atoms with Gasteiger partial charge in [-0.3, -0.25) is 14.7 Å². The molecule has 1 fully saturated rings. The van der Waals surface area contributed by atoms with Crippen LogP contribution < -0.4 is 4.74 Å². The molecule has 2 aromatic carbocycles. The Kier molecular flexibility index (Phi) is 7.51. The summed E-state index contributed by atoms with van der Waals surface area (Å²) in [5, 5.41) is 1.02. The number of rotatable bonds is 5. The lowest BCUT2D eigenvalue weighted by molar-refractivity contribution is -0.139. The number of amides is 1. The van der Waals surface area contributed by atoms with Crippen LogP contribution in [0.15, 0.2) is 48.7 Å². The number of pyridine rings is 1. The first-order valence-electron chi connectivity index (χ1n) is 10.5. The Balaban J connectivity index is 1.41. The molecule has 2 unspecified atom stereocenters. The quantitative estimate of drug-likeness (QED) is 0.359. The van der Waals surface area contributed by atoms with Crippen LogP contribution in [0, 0.1) is 13.0 Å². The zero-order valence-corrected chi connectivity index (χ0v) is 22.2. The minimum absolute atomic E-state index is 0.0166. The fourth-order valence-corrected chi connectivity index (χ4v) is 6.16. The highest BCUT2D eigenvalue weighted by atomic mass is 127. The van der Waals surface area contributed by atoms with Crippen LogP contribution in [0.5, 0.6) is 5.75 Å². The smallest absolute Gasteiger partial charge is 0.260 e. The van der Waals surface area contributed by atoms with Gasteiger partial charge in [-0.15, -0.1) is 0 Å². The molecule has 8 heteroatoms. The highest BCUT2D eigenvalue weighted by Gasteiger charge is 2.32. The molecular weight excluding hydrogens is 635 g/mol. The van der Waals surface area contributed by atoms with Gasteiger partial charge >= 0.3 is 0 Å². The summed E-state index contributed by atoms with van der Waals surface area (Å²) in [4.78, 5) is 21.8. The van der Waals surface area contributed by atoms with Crippen LogP contribution >= 0.6 is 45.2 Å². The predicted octanol–water partition coefficient (Wildman–Crippen LogP) is 5.08. The number of ether oxygens (including phenoxy) is 1. The molecule has 3 aromatic rings. The molecular formula is C24H24FI2N3O2. The molecule has 0 N–H and O–H groups in total. The summed E-state index contributed by atoms with van der Waals surface area (Å²) < 4.78 is 21.3. The Hall–Kier alpha value is -1.53. The molecule has 32 heavy (non-hydrogen) atoms. The second-order valence-corrected chi connectivity index (χ2v) is 10.5. The number of hydrogen-bond acceptors (Lipinski definition) is 4. The lowest BCUT2D eigenvalue weighted by Gasteiger charge is -2.44. The van der Waals surface area contributed by atoms with E-state index in [9.17, 15) is 9.18 Å². The molecule has 2 heterocycles. The van der Waals surface area contributed by atoms with Gasteiger partial charge in [0.05, 0.1) is 3.57 Å². The summed E-state index contributed by atoms with van der Waals surface area (Å²) in [6, 6.07) is 12.8. The van der Waals surface area contributed by atoms with Crippen molar-refractivity contribution in [1.82, 2.24) is 14.8 Å². The van der Waals surface area contributed by atoms with Crippen LogP contribution in [0.4, 0.5) is 4.39 Å². The van der Waals surface area contributed by atoms with Gasteiger partial charge in [0.25, 0.3) is 5.91 Å². The van der Waals surface area contributed by atoms with Gasteiger partial charge in [0, 0.05) is 46.9 Å². The number of piperazine rings is 1. The fraction of sp³-hybridized carbons (Fsp3) is 0.333. The lowest BCUT2D eigenvalue weighted by atomic mass is 10.1. The maximum atomic E-state index is 13.2. The lowest BCUT2D eigenvalue weighted by Crippen LogP contribution is -2.58. The van der Waals surface area contributed by atoms with E-state index in [1.54, 1.807) is 6.20 Å². The van der Waals surface area contributed by atoms with E-state index in [1.165, 1.54) is 12.1 Å². The highest BCUT2D eigenvalue weighted by Crippen LogP contribution is 2.33. The van der Waals surface area contributed by atoms with Crippen molar-refractivity contribution in [3.05, 3.63) is 67.2 Å². The topological polar surface area (TPSA) is 45.7 Å². The van der Waals surface area contributed by atoms with Gasteiger partial charge in [-0.05, 0) is 88.9 Å². The maximum absolute atomic E-state index is 13.2. The third-order valence-corrected chi connectivity index (χ3v) is 7.52. The Morgan fingerprint density at radius 1 is 1.12 bits per heavy atom. The van der Waals surface area contributed by atoms with Crippen LogP contribution in [-0.4, -0.2) is 52.5 Å². The van der Waals surface area contributed by atoms with Crippen LogP contribution in [-0.2, 0) is 11.3 Å². The van der Waals surface area contributed by atoms with E-state index < -0.39 is 0 Å². The standard InChI is InChI=1S/C24H24FI2N3O2/c1-15-12-30(16(2)11-29(15)13-17-5-7-18(25)8-6-17)22(31)14-32-24-21(27)10-20(26)19-4-3-9-28-23(19)24/h3-10,15-16H,11-14H2,1-2H3. The number of aromatic nitrogens is 1. The first-order valence-corrected chi connectivity index (χ1v) is 12.6. The zero-order chi connectivity index (χ0) is 22.8. The van der Waals surface area contributed by atoms with Crippen molar-refractivity contribution in [2.24, 2.45) is 0 Å². The number of hydrogen-bond donors (Lipinski definition) is 0. The Morgan fingerprint density at radius 2 is 1.88 bits per heavy atom. The molecule has 0 radical (unpaired) electrons. The Labute approximate surface area is 214 Å². The van der Waals surface area contributed by atoms with Crippen molar-refractivity contribution in [3.8, 4) is 5.75 Å². The van der Waals surface area contributed by atoms with Gasteiger partial charge in [0.1, 0.15) is 11.3 Å². The average Bonchev–Trinajstić information content (AvgIpc) is 2.77. The fourth-order valence-electron chi connectivity index (χ4n) is 4.09. The van der Waals surface area contributed by atoms with E-state index in [4.69, 9.17) is 4.74 Å². The van der Waals surface area contributed by atoms with Gasteiger partial charge in [0.15, 0.2) is 12.4 Å². The molecule has 5 nitrogen and oxygen atoms in total. The van der Waals surface area contributed by atoms with Crippen LogP contribution in [0.1, 0.15) is 19.4 Å². The third kappa shape index (κ3) is 5.17. The second-order valence-electron chi connectivity index (χ2n) is 8.16. The number of fused-ring (bicyclic) bond motifs is 1. The molecule has 1 amide bonds. The van der Waals surface area contributed by atoms with Gasteiger partial charge < -0.3 is 9.64 Å². The number of benzene rings is 2. The minimum atomic E-state index is -0.226. The molecule has 0 bridgehead atoms. The van der Waals surface area contributed by atoms with E-state index in [0.29, 0.717) is 12.3 Å². The Morgan fingerprint density at radius 3 is 2.62 bits per heavy atom. The molecule has 0 aliphatic carbocycles. The normalized spacial score (nSPS) is 19.3. The average molecular weight is 659 g/mol. The first kappa shape index (κ1) is 23.6. The van der Waals surface area contributed by atoms with Crippen molar-refractivity contribution in [2.45, 2.75) is 32.5 Å². The summed E-state index contributed by atoms with van der Waals surface area (Å²) in [7, 11) is 0. The van der Waals surface area contributed by atoms with Crippen molar-refractivity contribution in [1.29, 1.82) is 0 Å². The largest absolute Gasteiger partial charge is 0.480 e. The molecule has 0 spiro atoms. The van der Waals surface area contributed by atoms with Crippen molar-refractivity contribution >= 4 is 62.0 Å². The van der Waals surface area contributed by atoms with Crippen LogP contribution in [0.25, 0.3) is 10.9 Å². The number of carbonyl (C=O) groups excluding carboxylic acids is 1. The number of nitrogens with zero attached hydrogens (tertiary/aromatic N) is 3. The van der Waals surface area contributed by atoms with E-state index in [0.717, 1.165) is 36.7 Å². The van der Waals surface area contributed by atoms with E-state index in [1.807, 2.05) is 35.2 Å². The molecule has 2 atom stereocenters. The van der Waals surface area contributed by atoms with Crippen molar-refractivity contribution in [2.75, 3.05) is 19.7 Å². The van der Waals surface area contributed by atoms with E-state index in [-0.39, 0.29) is 30.4 Å². The van der Waals surface area contributed by atoms with Crippen LogP contribution in [0.2, 0.25) is 0 Å². The van der Waals surface area contributed by atoms with Gasteiger partial charge in [-0.2, -0.15) is 0 Å². The molecule has 0 saturated carbocycles. The molecule has 1 aromatic heterocycles. The minimum Gasteiger partial charge on any atom is -0.480 e. The van der Waals surface area contributed by atoms with Crippen LogP contribution in [0.3, 0.4) is 0 Å². The molecule has 1 aliphatic rings. The number of carbonyl (C=O) groups is 1. The summed E-state index contributed by atoms with van der Waals surface area (Å²) in [6.45, 7) is 6.30. The summed E-state index contributed by atoms with van der Waals surface area (Å²) in [5.41, 5.74) is 1.85. The molecule has 4 rings (SSSR count). The summed E-state index contributed by atoms with van der Waals surface area (Å²) in [6.07, 6.45) is 1.74. The van der Waals surface area contributed by atoms with Crippen molar-refractivity contribution in [3.63, 3.8) is 0 Å².